The minimum absolute atomic E-state index is 0.0507. The summed E-state index contributed by atoms with van der Waals surface area (Å²) in [6, 6.07) is 2.61. The van der Waals surface area contributed by atoms with E-state index in [1.165, 1.54) is 19.1 Å². The molecule has 0 saturated heterocycles. The molecule has 0 unspecified atom stereocenters. The van der Waals surface area contributed by atoms with E-state index in [9.17, 15) is 32.3 Å². The largest absolute Gasteiger partial charge is 0.466 e. The Morgan fingerprint density at radius 3 is 2.40 bits per heavy atom. The van der Waals surface area contributed by atoms with Crippen LogP contribution in [0.5, 0.6) is 0 Å². The highest BCUT2D eigenvalue weighted by atomic mass is 19.4. The first kappa shape index (κ1) is 34.7. The molecular weight excluding hydrogens is 557 g/mol. The quantitative estimate of drug-likeness (QED) is 0.102. The van der Waals surface area contributed by atoms with Crippen molar-refractivity contribution in [2.24, 2.45) is 0 Å². The van der Waals surface area contributed by atoms with Crippen LogP contribution in [0.4, 0.5) is 22.0 Å². The number of carbonyl (C=O) groups is 2. The van der Waals surface area contributed by atoms with Gasteiger partial charge in [-0.15, -0.1) is 6.58 Å². The molecule has 1 amide bonds. The van der Waals surface area contributed by atoms with Gasteiger partial charge in [-0.25, -0.2) is 8.78 Å². The molecule has 0 aromatic heterocycles. The van der Waals surface area contributed by atoms with Gasteiger partial charge in [-0.1, -0.05) is 17.7 Å². The monoisotopic (exact) mass is 595 g/mol. The van der Waals surface area contributed by atoms with E-state index >= 15 is 4.39 Å². The number of rotatable bonds is 14. The molecule has 10 heteroatoms. The lowest BCUT2D eigenvalue weighted by Crippen LogP contribution is -2.38. The van der Waals surface area contributed by atoms with Crippen molar-refractivity contribution < 1.29 is 41.4 Å². The Balaban J connectivity index is 2.74. The number of ether oxygens (including phenoxy) is 1. The average molecular weight is 596 g/mol. The highest BCUT2D eigenvalue weighted by Gasteiger charge is 2.38. The number of hydrogen-bond acceptors (Lipinski definition) is 4. The number of carbonyl (C=O) groups excluding carboxylic acids is 2. The fraction of sp³-hybridized carbons (Fsp3) is 0.438. The number of halogens is 5. The predicted molar refractivity (Wildman–Crippen MR) is 151 cm³/mol. The van der Waals surface area contributed by atoms with E-state index < -0.39 is 59.4 Å². The third kappa shape index (κ3) is 9.79. The van der Waals surface area contributed by atoms with Crippen molar-refractivity contribution in [2.75, 3.05) is 6.61 Å². The molecule has 0 radical (unpaired) electrons. The number of benzene rings is 2. The Labute approximate surface area is 243 Å². The van der Waals surface area contributed by atoms with E-state index in [1.54, 1.807) is 13.8 Å². The van der Waals surface area contributed by atoms with Gasteiger partial charge in [-0.05, 0) is 99.9 Å². The smallest absolute Gasteiger partial charge is 0.419 e. The molecule has 0 aliphatic heterocycles. The zero-order valence-corrected chi connectivity index (χ0v) is 24.3. The van der Waals surface area contributed by atoms with Crippen molar-refractivity contribution in [1.29, 1.82) is 0 Å². The molecular formula is C32H38F5NO4. The molecule has 0 heterocycles. The van der Waals surface area contributed by atoms with E-state index in [2.05, 4.69) is 11.9 Å². The summed E-state index contributed by atoms with van der Waals surface area (Å²) in [7, 11) is 0. The fourth-order valence-corrected chi connectivity index (χ4v) is 4.73. The molecule has 0 fully saturated rings. The molecule has 2 rings (SSSR count). The third-order valence-electron chi connectivity index (χ3n) is 6.59. The Morgan fingerprint density at radius 2 is 1.81 bits per heavy atom. The number of unbranched alkanes of at least 4 members (excludes halogenated alkanes) is 2. The summed E-state index contributed by atoms with van der Waals surface area (Å²) in [5.41, 5.74) is -0.733. The lowest BCUT2D eigenvalue weighted by molar-refractivity contribution is -0.144. The molecule has 5 nitrogen and oxygen atoms in total. The molecule has 0 spiro atoms. The molecule has 0 saturated carbocycles. The van der Waals surface area contributed by atoms with Crippen LogP contribution >= 0.6 is 0 Å². The van der Waals surface area contributed by atoms with Gasteiger partial charge in [0, 0.05) is 12.0 Å². The topological polar surface area (TPSA) is 75.6 Å². The number of allylic oxidation sites excluding steroid dienone is 2. The third-order valence-corrected chi connectivity index (χ3v) is 6.59. The minimum atomic E-state index is -5.13. The van der Waals surface area contributed by atoms with Crippen LogP contribution in [0, 0.1) is 18.6 Å². The highest BCUT2D eigenvalue weighted by molar-refractivity contribution is 5.82. The van der Waals surface area contributed by atoms with Crippen molar-refractivity contribution >= 4 is 11.9 Å². The first-order valence-corrected chi connectivity index (χ1v) is 13.8. The Kier molecular flexibility index (Phi) is 12.9. The molecule has 2 aromatic rings. The number of alkyl halides is 3. The zero-order valence-electron chi connectivity index (χ0n) is 24.3. The number of nitrogens with one attached hydrogen (secondary N) is 1. The molecule has 2 N–H and O–H groups in total. The molecule has 2 atom stereocenters. The van der Waals surface area contributed by atoms with Crippen molar-refractivity contribution in [1.82, 2.24) is 5.32 Å². The summed E-state index contributed by atoms with van der Waals surface area (Å²) in [6.07, 6.45) is -1.20. The number of aliphatic hydroxyl groups excluding tert-OH is 1. The van der Waals surface area contributed by atoms with Crippen LogP contribution in [-0.4, -0.2) is 29.7 Å². The second kappa shape index (κ2) is 15.6. The lowest BCUT2D eigenvalue weighted by Gasteiger charge is -2.24. The van der Waals surface area contributed by atoms with Crippen LogP contribution < -0.4 is 5.32 Å². The van der Waals surface area contributed by atoms with Gasteiger partial charge in [0.2, 0.25) is 5.91 Å². The second-order valence-electron chi connectivity index (χ2n) is 10.2. The zero-order chi connectivity index (χ0) is 31.6. The van der Waals surface area contributed by atoms with Gasteiger partial charge in [0.15, 0.2) is 0 Å². The Hall–Kier alpha value is -3.53. The first-order chi connectivity index (χ1) is 19.7. The molecule has 42 heavy (non-hydrogen) atoms. The number of hydrogen-bond donors (Lipinski definition) is 2. The van der Waals surface area contributed by atoms with Gasteiger partial charge in [0.25, 0.3) is 0 Å². The minimum Gasteiger partial charge on any atom is -0.466 e. The maximum absolute atomic E-state index is 15.6. The highest BCUT2D eigenvalue weighted by Crippen LogP contribution is 2.40. The lowest BCUT2D eigenvalue weighted by atomic mass is 9.88. The summed E-state index contributed by atoms with van der Waals surface area (Å²) in [6.45, 7) is 10.1. The summed E-state index contributed by atoms with van der Waals surface area (Å²) >= 11 is 0. The molecule has 0 bridgehead atoms. The first-order valence-electron chi connectivity index (χ1n) is 13.8. The number of amides is 1. The molecule has 0 aliphatic carbocycles. The van der Waals surface area contributed by atoms with Crippen LogP contribution in [0.25, 0.3) is 11.1 Å². The van der Waals surface area contributed by atoms with Gasteiger partial charge in [0.1, 0.15) is 17.7 Å². The van der Waals surface area contributed by atoms with Crippen molar-refractivity contribution in [2.45, 2.75) is 84.5 Å². The average Bonchev–Trinajstić information content (AvgIpc) is 2.87. The standard InChI is InChI=1S/C32H38F5NO4/c1-6-8-9-10-11-12-21-15-23(33)14-20(5)29(21)22-16-24(30(34)25(17-22)32(35,36)37)26(18-28(40)42-7-2)38-31(41)27(39)13-19(3)4/h6,8,14-17,26-27,39H,3,7,9-13,18H2,1-2,4-5H3,(H,38,41)/t26-,27+/m0/s1. The fourth-order valence-electron chi connectivity index (χ4n) is 4.73. The predicted octanol–water partition coefficient (Wildman–Crippen LogP) is 7.69. The Morgan fingerprint density at radius 1 is 1.12 bits per heavy atom. The maximum Gasteiger partial charge on any atom is 0.419 e. The van der Waals surface area contributed by atoms with Crippen molar-refractivity contribution in [3.63, 3.8) is 0 Å². The number of esters is 1. The summed E-state index contributed by atoms with van der Waals surface area (Å²) in [4.78, 5) is 25.1. The van der Waals surface area contributed by atoms with Gasteiger partial charge >= 0.3 is 12.1 Å². The number of aliphatic hydroxyl groups is 1. The Bertz CT molecular complexity index is 1300. The van der Waals surface area contributed by atoms with Crippen LogP contribution in [-0.2, 0) is 26.9 Å². The maximum atomic E-state index is 15.6. The summed E-state index contributed by atoms with van der Waals surface area (Å²) in [5.74, 6) is -4.15. The van der Waals surface area contributed by atoms with E-state index in [-0.39, 0.29) is 18.6 Å². The molecule has 0 aliphatic rings. The van der Waals surface area contributed by atoms with Gasteiger partial charge in [0.05, 0.1) is 24.6 Å². The van der Waals surface area contributed by atoms with Crippen LogP contribution in [0.15, 0.2) is 48.6 Å². The van der Waals surface area contributed by atoms with Crippen molar-refractivity contribution in [3.8, 4) is 11.1 Å². The van der Waals surface area contributed by atoms with E-state index in [0.29, 0.717) is 41.2 Å². The summed E-state index contributed by atoms with van der Waals surface area (Å²) in [5, 5.41) is 12.6. The van der Waals surface area contributed by atoms with E-state index in [4.69, 9.17) is 4.74 Å². The SMILES string of the molecule is C=C(C)C[C@@H](O)C(=O)N[C@@H](CC(=O)OCC)c1cc(-c2c(C)cc(F)cc2CCCCC=CC)cc(C(F)(F)F)c1F. The normalized spacial score (nSPS) is 13.2. The van der Waals surface area contributed by atoms with E-state index in [0.717, 1.165) is 18.9 Å². The van der Waals surface area contributed by atoms with Gasteiger partial charge in [-0.2, -0.15) is 13.2 Å². The molecule has 2 aromatic carbocycles. The summed E-state index contributed by atoms with van der Waals surface area (Å²) < 4.78 is 77.5. The van der Waals surface area contributed by atoms with Gasteiger partial charge in [-0.3, -0.25) is 9.59 Å². The molecule has 230 valence electrons. The van der Waals surface area contributed by atoms with Crippen LogP contribution in [0.1, 0.15) is 81.2 Å². The van der Waals surface area contributed by atoms with Crippen LogP contribution in [0.3, 0.4) is 0 Å². The number of aryl methyl sites for hydroxylation is 2. The van der Waals surface area contributed by atoms with Gasteiger partial charge < -0.3 is 15.2 Å². The van der Waals surface area contributed by atoms with Crippen molar-refractivity contribution in [3.05, 3.63) is 82.5 Å². The second-order valence-corrected chi connectivity index (χ2v) is 10.2. The van der Waals surface area contributed by atoms with Crippen LogP contribution in [0.2, 0.25) is 0 Å². The van der Waals surface area contributed by atoms with E-state index in [1.807, 2.05) is 19.1 Å².